The van der Waals surface area contributed by atoms with Gasteiger partial charge in [-0.15, -0.1) is 0 Å². The molecular formula is C27H39N2. The second-order valence-electron chi connectivity index (χ2n) is 10.8. The fraction of sp³-hybridized carbons (Fsp3) is 0.519. The molecule has 1 heterocycles. The lowest BCUT2D eigenvalue weighted by Gasteiger charge is -2.46. The zero-order chi connectivity index (χ0) is 21.4. The second kappa shape index (κ2) is 8.24. The summed E-state index contributed by atoms with van der Waals surface area (Å²) in [5.74, 6) is 0. The number of hydrogen-bond donors (Lipinski definition) is 0. The highest BCUT2D eigenvalue weighted by Gasteiger charge is 2.53. The molecule has 0 N–H and O–H groups in total. The molecule has 2 aromatic carbocycles. The molecule has 1 aliphatic rings. The largest absolute Gasteiger partial charge is 0.273 e. The van der Waals surface area contributed by atoms with Crippen molar-refractivity contribution >= 4 is 0 Å². The van der Waals surface area contributed by atoms with Crippen LogP contribution in [-0.4, -0.2) is 21.9 Å². The molecule has 0 amide bonds. The zero-order valence-electron chi connectivity index (χ0n) is 19.6. The van der Waals surface area contributed by atoms with Gasteiger partial charge in [0.25, 0.3) is 0 Å². The fourth-order valence-corrected chi connectivity index (χ4v) is 4.95. The predicted molar refractivity (Wildman–Crippen MR) is 124 cm³/mol. The predicted octanol–water partition coefficient (Wildman–Crippen LogP) is 7.08. The van der Waals surface area contributed by atoms with Crippen LogP contribution in [0.2, 0.25) is 0 Å². The molecule has 0 bridgehead atoms. The first kappa shape index (κ1) is 22.1. The molecule has 1 radical (unpaired) electrons. The van der Waals surface area contributed by atoms with Crippen LogP contribution in [0.25, 0.3) is 0 Å². The fourth-order valence-electron chi connectivity index (χ4n) is 4.95. The van der Waals surface area contributed by atoms with Gasteiger partial charge < -0.3 is 0 Å². The van der Waals surface area contributed by atoms with Gasteiger partial charge in [0.05, 0.1) is 6.67 Å². The molecule has 1 fully saturated rings. The van der Waals surface area contributed by atoms with Crippen LogP contribution in [0.1, 0.15) is 78.6 Å². The van der Waals surface area contributed by atoms with E-state index in [0.29, 0.717) is 24.2 Å². The standard InChI is InChI=1S/C27H39N2/c1-20(22-15-11-9-12-16-22)28-19-29(21(2)23-17-13-10-14-18-23)25(27(6,7)8)24(28)26(3,4)5/h9-21,24-25H,1-8H3/t20-,21-,24-,25-/m0/s1. The number of benzene rings is 2. The first-order valence-electron chi connectivity index (χ1n) is 11.0. The topological polar surface area (TPSA) is 6.48 Å². The van der Waals surface area contributed by atoms with Crippen molar-refractivity contribution in [3.05, 3.63) is 78.5 Å². The summed E-state index contributed by atoms with van der Waals surface area (Å²) >= 11 is 0. The minimum atomic E-state index is 0.155. The van der Waals surface area contributed by atoms with Crippen LogP contribution in [0.4, 0.5) is 0 Å². The zero-order valence-corrected chi connectivity index (χ0v) is 19.6. The molecule has 4 atom stereocenters. The van der Waals surface area contributed by atoms with Gasteiger partial charge in [0, 0.05) is 24.2 Å². The maximum Gasteiger partial charge on any atom is 0.0938 e. The average Bonchev–Trinajstić information content (AvgIpc) is 3.10. The van der Waals surface area contributed by atoms with E-state index in [0.717, 1.165) is 0 Å². The van der Waals surface area contributed by atoms with E-state index in [4.69, 9.17) is 0 Å². The second-order valence-corrected chi connectivity index (χ2v) is 10.8. The molecule has 1 aliphatic heterocycles. The third kappa shape index (κ3) is 4.59. The van der Waals surface area contributed by atoms with Gasteiger partial charge in [-0.05, 0) is 35.8 Å². The van der Waals surface area contributed by atoms with Crippen LogP contribution in [0.3, 0.4) is 0 Å². The van der Waals surface area contributed by atoms with E-state index in [-0.39, 0.29) is 10.8 Å². The Morgan fingerprint density at radius 2 is 0.897 bits per heavy atom. The number of hydrogen-bond acceptors (Lipinski definition) is 2. The van der Waals surface area contributed by atoms with Crippen LogP contribution in [-0.2, 0) is 0 Å². The van der Waals surface area contributed by atoms with Crippen molar-refractivity contribution in [3.8, 4) is 0 Å². The SMILES string of the molecule is C[C@@H](c1ccccc1)N1[CH]N([C@@H](C)c2ccccc2)[C@H](C(C)(C)C)[C@H]1C(C)(C)C. The highest BCUT2D eigenvalue weighted by atomic mass is 15.4. The lowest BCUT2D eigenvalue weighted by atomic mass is 9.72. The van der Waals surface area contributed by atoms with Gasteiger partial charge in [-0.3, -0.25) is 9.80 Å². The lowest BCUT2D eigenvalue weighted by molar-refractivity contribution is 0.0537. The van der Waals surface area contributed by atoms with Gasteiger partial charge >= 0.3 is 0 Å². The summed E-state index contributed by atoms with van der Waals surface area (Å²) in [5.41, 5.74) is 3.06. The molecule has 3 rings (SSSR count). The van der Waals surface area contributed by atoms with Crippen molar-refractivity contribution in [1.29, 1.82) is 0 Å². The molecule has 0 unspecified atom stereocenters. The average molecular weight is 392 g/mol. The Hall–Kier alpha value is -1.64. The van der Waals surface area contributed by atoms with Crippen molar-refractivity contribution in [2.45, 2.75) is 79.6 Å². The Balaban J connectivity index is 2.05. The van der Waals surface area contributed by atoms with Crippen LogP contribution in [0, 0.1) is 17.5 Å². The summed E-state index contributed by atoms with van der Waals surface area (Å²) in [6.45, 7) is 21.5. The van der Waals surface area contributed by atoms with Crippen molar-refractivity contribution < 1.29 is 0 Å². The van der Waals surface area contributed by atoms with Crippen molar-refractivity contribution in [1.82, 2.24) is 9.80 Å². The van der Waals surface area contributed by atoms with Crippen molar-refractivity contribution in [2.75, 3.05) is 0 Å². The third-order valence-electron chi connectivity index (χ3n) is 6.44. The van der Waals surface area contributed by atoms with Gasteiger partial charge in [-0.25, -0.2) is 0 Å². The maximum atomic E-state index is 2.63. The van der Waals surface area contributed by atoms with E-state index < -0.39 is 0 Å². The summed E-state index contributed by atoms with van der Waals surface area (Å²) in [7, 11) is 0. The first-order chi connectivity index (χ1) is 13.5. The molecule has 0 aliphatic carbocycles. The summed E-state index contributed by atoms with van der Waals surface area (Å²) in [4.78, 5) is 5.26. The van der Waals surface area contributed by atoms with E-state index in [2.05, 4.69) is 133 Å². The molecule has 1 saturated heterocycles. The van der Waals surface area contributed by atoms with Crippen molar-refractivity contribution in [2.24, 2.45) is 10.8 Å². The molecule has 2 aromatic rings. The Kier molecular flexibility index (Phi) is 6.27. The Morgan fingerprint density at radius 1 is 0.586 bits per heavy atom. The van der Waals surface area contributed by atoms with Gasteiger partial charge in [-0.2, -0.15) is 0 Å². The smallest absolute Gasteiger partial charge is 0.0938 e. The molecule has 0 saturated carbocycles. The van der Waals surface area contributed by atoms with Crippen LogP contribution < -0.4 is 0 Å². The van der Waals surface area contributed by atoms with Crippen LogP contribution in [0.5, 0.6) is 0 Å². The molecule has 29 heavy (non-hydrogen) atoms. The van der Waals surface area contributed by atoms with Crippen LogP contribution in [0.15, 0.2) is 60.7 Å². The maximum absolute atomic E-state index is 2.63. The minimum absolute atomic E-state index is 0.155. The number of rotatable bonds is 4. The number of nitrogens with zero attached hydrogens (tertiary/aromatic N) is 2. The van der Waals surface area contributed by atoms with Gasteiger partial charge in [0.15, 0.2) is 0 Å². The minimum Gasteiger partial charge on any atom is -0.273 e. The molecular weight excluding hydrogens is 352 g/mol. The van der Waals surface area contributed by atoms with Gasteiger partial charge in [0.2, 0.25) is 0 Å². The van der Waals surface area contributed by atoms with E-state index in [1.807, 2.05) is 0 Å². The summed E-state index contributed by atoms with van der Waals surface area (Å²) < 4.78 is 0. The lowest BCUT2D eigenvalue weighted by Crippen LogP contribution is -2.52. The Bertz CT molecular complexity index is 702. The summed E-state index contributed by atoms with van der Waals surface area (Å²) in [5, 5.41) is 0. The Morgan fingerprint density at radius 3 is 1.17 bits per heavy atom. The third-order valence-corrected chi connectivity index (χ3v) is 6.44. The molecule has 0 spiro atoms. The summed E-state index contributed by atoms with van der Waals surface area (Å²) in [6, 6.07) is 23.4. The van der Waals surface area contributed by atoms with Crippen LogP contribution >= 0.6 is 0 Å². The van der Waals surface area contributed by atoms with Crippen molar-refractivity contribution in [3.63, 3.8) is 0 Å². The molecule has 0 aromatic heterocycles. The van der Waals surface area contributed by atoms with Gasteiger partial charge in [0.1, 0.15) is 0 Å². The molecule has 157 valence electrons. The van der Waals surface area contributed by atoms with E-state index in [1.54, 1.807) is 0 Å². The van der Waals surface area contributed by atoms with E-state index in [1.165, 1.54) is 11.1 Å². The van der Waals surface area contributed by atoms with Gasteiger partial charge in [-0.1, -0.05) is 102 Å². The molecule has 2 heteroatoms. The molecule has 2 nitrogen and oxygen atoms in total. The first-order valence-corrected chi connectivity index (χ1v) is 11.0. The highest BCUT2D eigenvalue weighted by Crippen LogP contribution is 2.49. The Labute approximate surface area is 178 Å². The quantitative estimate of drug-likeness (QED) is 0.549. The summed E-state index contributed by atoms with van der Waals surface area (Å²) in [6.07, 6.45) is 0. The normalized spacial score (nSPS) is 23.9. The van der Waals surface area contributed by atoms with E-state index >= 15 is 0 Å². The highest BCUT2D eigenvalue weighted by molar-refractivity contribution is 5.24. The van der Waals surface area contributed by atoms with E-state index in [9.17, 15) is 0 Å². The monoisotopic (exact) mass is 391 g/mol.